The molecule has 4 nitrogen and oxygen atoms in total. The van der Waals surface area contributed by atoms with E-state index >= 15 is 0 Å². The molecule has 1 amide bonds. The molecular formula is C14H21NO3. The van der Waals surface area contributed by atoms with Crippen LogP contribution in [0.15, 0.2) is 30.3 Å². The first-order chi connectivity index (χ1) is 8.27. The average molecular weight is 251 g/mol. The van der Waals surface area contributed by atoms with Crippen LogP contribution in [0, 0.1) is 0 Å². The second-order valence-corrected chi connectivity index (χ2v) is 5.48. The summed E-state index contributed by atoms with van der Waals surface area (Å²) in [6, 6.07) is 9.32. The van der Waals surface area contributed by atoms with E-state index in [1.807, 2.05) is 30.3 Å². The highest BCUT2D eigenvalue weighted by Gasteiger charge is 2.29. The van der Waals surface area contributed by atoms with Gasteiger partial charge in [0.1, 0.15) is 5.60 Å². The van der Waals surface area contributed by atoms with Crippen LogP contribution in [-0.4, -0.2) is 23.4 Å². The number of carbonyl (C=O) groups excluding carboxylic acids is 1. The number of hydrogen-bond donors (Lipinski definition) is 2. The molecule has 0 spiro atoms. The lowest BCUT2D eigenvalue weighted by atomic mass is 9.93. The highest BCUT2D eigenvalue weighted by molar-refractivity contribution is 5.69. The summed E-state index contributed by atoms with van der Waals surface area (Å²) < 4.78 is 5.20. The van der Waals surface area contributed by atoms with Gasteiger partial charge in [0.15, 0.2) is 0 Å². The lowest BCUT2D eigenvalue weighted by molar-refractivity contribution is 0.0411. The van der Waals surface area contributed by atoms with Crippen molar-refractivity contribution in [3.8, 4) is 0 Å². The number of carbonyl (C=O) groups is 1. The van der Waals surface area contributed by atoms with E-state index in [4.69, 9.17) is 4.74 Å². The van der Waals surface area contributed by atoms with E-state index in [1.54, 1.807) is 27.7 Å². The molecule has 0 unspecified atom stereocenters. The SMILES string of the molecule is CC(C)(C)OC(=O)N[C@](C)(CO)c1ccccc1. The molecule has 1 rings (SSSR count). The van der Waals surface area contributed by atoms with Crippen LogP contribution in [0.4, 0.5) is 4.79 Å². The number of hydrogen-bond acceptors (Lipinski definition) is 3. The van der Waals surface area contributed by atoms with Gasteiger partial charge in [0.05, 0.1) is 12.1 Å². The van der Waals surface area contributed by atoms with Crippen molar-refractivity contribution in [1.82, 2.24) is 5.32 Å². The first-order valence-electron chi connectivity index (χ1n) is 5.94. The van der Waals surface area contributed by atoms with Crippen LogP contribution in [0.3, 0.4) is 0 Å². The van der Waals surface area contributed by atoms with Gasteiger partial charge in [-0.15, -0.1) is 0 Å². The zero-order valence-electron chi connectivity index (χ0n) is 11.4. The van der Waals surface area contributed by atoms with Crippen LogP contribution in [0.25, 0.3) is 0 Å². The third-order valence-electron chi connectivity index (χ3n) is 2.50. The van der Waals surface area contributed by atoms with E-state index in [0.29, 0.717) is 0 Å². The van der Waals surface area contributed by atoms with Crippen molar-refractivity contribution >= 4 is 6.09 Å². The molecule has 4 heteroatoms. The summed E-state index contributed by atoms with van der Waals surface area (Å²) in [5.41, 5.74) is -0.570. The van der Waals surface area contributed by atoms with Crippen LogP contribution < -0.4 is 5.32 Å². The van der Waals surface area contributed by atoms with E-state index < -0.39 is 17.2 Å². The lowest BCUT2D eigenvalue weighted by Crippen LogP contribution is -2.48. The van der Waals surface area contributed by atoms with E-state index in [1.165, 1.54) is 0 Å². The summed E-state index contributed by atoms with van der Waals surface area (Å²) in [5, 5.41) is 12.2. The van der Waals surface area contributed by atoms with Crippen LogP contribution in [0.5, 0.6) is 0 Å². The molecule has 0 aliphatic rings. The molecule has 1 aromatic carbocycles. The van der Waals surface area contributed by atoms with Crippen LogP contribution in [0.1, 0.15) is 33.3 Å². The molecule has 0 aliphatic carbocycles. The van der Waals surface area contributed by atoms with Gasteiger partial charge in [-0.05, 0) is 33.3 Å². The molecule has 0 saturated heterocycles. The van der Waals surface area contributed by atoms with Gasteiger partial charge < -0.3 is 15.2 Å². The van der Waals surface area contributed by atoms with Gasteiger partial charge in [0.2, 0.25) is 0 Å². The average Bonchev–Trinajstić information content (AvgIpc) is 2.27. The Morgan fingerprint density at radius 2 is 1.78 bits per heavy atom. The molecule has 0 aliphatic heterocycles. The van der Waals surface area contributed by atoms with Crippen molar-refractivity contribution in [3.05, 3.63) is 35.9 Å². The molecule has 0 heterocycles. The second kappa shape index (κ2) is 5.40. The molecule has 18 heavy (non-hydrogen) atoms. The minimum absolute atomic E-state index is 0.198. The fourth-order valence-corrected chi connectivity index (χ4v) is 1.54. The molecule has 0 saturated carbocycles. The number of benzene rings is 1. The number of ether oxygens (including phenoxy) is 1. The van der Waals surface area contributed by atoms with Gasteiger partial charge in [0.25, 0.3) is 0 Å². The first-order valence-corrected chi connectivity index (χ1v) is 5.94. The smallest absolute Gasteiger partial charge is 0.408 e. The summed E-state index contributed by atoms with van der Waals surface area (Å²) in [4.78, 5) is 11.8. The second-order valence-electron chi connectivity index (χ2n) is 5.48. The Kier molecular flexibility index (Phi) is 4.35. The van der Waals surface area contributed by atoms with Crippen molar-refractivity contribution < 1.29 is 14.6 Å². The van der Waals surface area contributed by atoms with E-state index in [-0.39, 0.29) is 6.61 Å². The van der Waals surface area contributed by atoms with Gasteiger partial charge in [-0.2, -0.15) is 0 Å². The van der Waals surface area contributed by atoms with Gasteiger partial charge >= 0.3 is 6.09 Å². The minimum Gasteiger partial charge on any atom is -0.444 e. The summed E-state index contributed by atoms with van der Waals surface area (Å²) in [5.74, 6) is 0. The van der Waals surface area contributed by atoms with Gasteiger partial charge in [-0.3, -0.25) is 0 Å². The maximum Gasteiger partial charge on any atom is 0.408 e. The Morgan fingerprint density at radius 3 is 2.22 bits per heavy atom. The molecule has 0 bridgehead atoms. The third kappa shape index (κ3) is 4.04. The largest absolute Gasteiger partial charge is 0.444 e. The highest BCUT2D eigenvalue weighted by Crippen LogP contribution is 2.20. The highest BCUT2D eigenvalue weighted by atomic mass is 16.6. The van der Waals surface area contributed by atoms with Gasteiger partial charge in [-0.1, -0.05) is 30.3 Å². The fourth-order valence-electron chi connectivity index (χ4n) is 1.54. The Morgan fingerprint density at radius 1 is 1.22 bits per heavy atom. The molecule has 0 fully saturated rings. The molecular weight excluding hydrogens is 230 g/mol. The number of amides is 1. The summed E-state index contributed by atoms with van der Waals surface area (Å²) in [6.07, 6.45) is -0.539. The van der Waals surface area contributed by atoms with Crippen molar-refractivity contribution in [3.63, 3.8) is 0 Å². The van der Waals surface area contributed by atoms with Crippen molar-refractivity contribution in [2.45, 2.75) is 38.8 Å². The quantitative estimate of drug-likeness (QED) is 0.867. The van der Waals surface area contributed by atoms with E-state index in [2.05, 4.69) is 5.32 Å². The zero-order chi connectivity index (χ0) is 13.8. The number of nitrogens with one attached hydrogen (secondary N) is 1. The Bertz CT molecular complexity index is 397. The van der Waals surface area contributed by atoms with Crippen LogP contribution in [-0.2, 0) is 10.3 Å². The minimum atomic E-state index is -0.844. The third-order valence-corrected chi connectivity index (χ3v) is 2.50. The monoisotopic (exact) mass is 251 g/mol. The van der Waals surface area contributed by atoms with Crippen LogP contribution >= 0.6 is 0 Å². The predicted molar refractivity (Wildman–Crippen MR) is 70.2 cm³/mol. The summed E-state index contributed by atoms with van der Waals surface area (Å²) in [6.45, 7) is 6.95. The standard InChI is InChI=1S/C14H21NO3/c1-13(2,3)18-12(17)15-14(4,10-16)11-8-6-5-7-9-11/h5-9,16H,10H2,1-4H3,(H,15,17)/t14-/m1/s1. The maximum atomic E-state index is 11.8. The predicted octanol–water partition coefficient (Wildman–Crippen LogP) is 2.42. The van der Waals surface area contributed by atoms with Crippen molar-refractivity contribution in [2.75, 3.05) is 6.61 Å². The lowest BCUT2D eigenvalue weighted by Gasteiger charge is -2.30. The fraction of sp³-hybridized carbons (Fsp3) is 0.500. The summed E-state index contributed by atoms with van der Waals surface area (Å²) >= 11 is 0. The van der Waals surface area contributed by atoms with E-state index in [9.17, 15) is 9.90 Å². The van der Waals surface area contributed by atoms with Crippen LogP contribution in [0.2, 0.25) is 0 Å². The van der Waals surface area contributed by atoms with Gasteiger partial charge in [-0.25, -0.2) is 4.79 Å². The summed E-state index contributed by atoms with van der Waals surface area (Å²) in [7, 11) is 0. The first kappa shape index (κ1) is 14.5. The molecule has 0 radical (unpaired) electrons. The Hall–Kier alpha value is -1.55. The molecule has 100 valence electrons. The molecule has 1 aromatic rings. The zero-order valence-corrected chi connectivity index (χ0v) is 11.4. The molecule has 1 atom stereocenters. The Labute approximate surface area is 108 Å². The van der Waals surface area contributed by atoms with E-state index in [0.717, 1.165) is 5.56 Å². The number of rotatable bonds is 3. The van der Waals surface area contributed by atoms with Gasteiger partial charge in [0, 0.05) is 0 Å². The van der Waals surface area contributed by atoms with Crippen molar-refractivity contribution in [2.24, 2.45) is 0 Å². The normalized spacial score (nSPS) is 14.7. The Balaban J connectivity index is 2.81. The molecule has 2 N–H and O–H groups in total. The molecule has 0 aromatic heterocycles. The topological polar surface area (TPSA) is 58.6 Å². The maximum absolute atomic E-state index is 11.8. The number of alkyl carbamates (subject to hydrolysis) is 1. The van der Waals surface area contributed by atoms with Crippen molar-refractivity contribution in [1.29, 1.82) is 0 Å². The number of aliphatic hydroxyl groups is 1. The number of aliphatic hydroxyl groups excluding tert-OH is 1.